The Labute approximate surface area is 247 Å². The fourth-order valence-corrected chi connectivity index (χ4v) is 6.80. The molecule has 0 aliphatic carbocycles. The molecule has 5 heterocycles. The van der Waals surface area contributed by atoms with Gasteiger partial charge in [-0.05, 0) is 84.3 Å². The molecule has 0 spiro atoms. The quantitative estimate of drug-likeness (QED) is 0.248. The monoisotopic (exact) mass is 595 g/mol. The van der Waals surface area contributed by atoms with E-state index in [9.17, 15) is 4.79 Å². The number of carbonyl (C=O) groups is 1. The SMILES string of the molecule is Cc1ccnc(Nc2ncc(Sc3ccnc(C(=O)NCC4(c5cc(C)on5)CCN(C(C)(C)C)CC4)c3F)s2)c1. The molecule has 9 nitrogen and oxygen atoms in total. The number of halogens is 1. The molecule has 1 amide bonds. The number of hydrogen-bond acceptors (Lipinski definition) is 10. The van der Waals surface area contributed by atoms with Crippen LogP contribution in [0.3, 0.4) is 0 Å². The lowest BCUT2D eigenvalue weighted by molar-refractivity contribution is 0.0680. The van der Waals surface area contributed by atoms with Crippen LogP contribution < -0.4 is 10.6 Å². The number of carbonyl (C=O) groups excluding carboxylic acids is 1. The van der Waals surface area contributed by atoms with Gasteiger partial charge in [-0.2, -0.15) is 0 Å². The van der Waals surface area contributed by atoms with Gasteiger partial charge >= 0.3 is 0 Å². The topological polar surface area (TPSA) is 109 Å². The molecule has 0 saturated carbocycles. The molecule has 0 bridgehead atoms. The number of anilines is 2. The lowest BCUT2D eigenvalue weighted by Gasteiger charge is -2.45. The molecule has 1 saturated heterocycles. The largest absolute Gasteiger partial charge is 0.361 e. The summed E-state index contributed by atoms with van der Waals surface area (Å²) in [5.41, 5.74) is 1.30. The van der Waals surface area contributed by atoms with Crippen molar-refractivity contribution < 1.29 is 13.7 Å². The van der Waals surface area contributed by atoms with Crippen LogP contribution in [0, 0.1) is 19.7 Å². The van der Waals surface area contributed by atoms with E-state index in [0.717, 1.165) is 47.2 Å². The number of pyridine rings is 2. The van der Waals surface area contributed by atoms with Gasteiger partial charge in [0.2, 0.25) is 0 Å². The molecule has 1 aliphatic rings. The maximum atomic E-state index is 15.6. The van der Waals surface area contributed by atoms with Gasteiger partial charge in [-0.1, -0.05) is 28.3 Å². The standard InChI is InChI=1S/C29H34FN7O2S2/c1-18-6-10-31-22(14-18)35-27-33-16-23(41-27)40-20-7-11-32-25(24(20)30)26(38)34-17-29(21-15-19(2)39-36-21)8-12-37(13-9-29)28(3,4)5/h6-7,10-11,14-16H,8-9,12-13,17H2,1-5H3,(H,34,38)(H,31,33,35). The third-order valence-corrected chi connectivity index (χ3v) is 9.39. The molecule has 0 radical (unpaired) electrons. The predicted octanol–water partition coefficient (Wildman–Crippen LogP) is 6.13. The van der Waals surface area contributed by atoms with Gasteiger partial charge in [0.05, 0.1) is 21.0 Å². The van der Waals surface area contributed by atoms with Crippen LogP contribution in [0.25, 0.3) is 0 Å². The Morgan fingerprint density at radius 3 is 2.59 bits per heavy atom. The van der Waals surface area contributed by atoms with Crippen LogP contribution in [0.15, 0.2) is 56.5 Å². The van der Waals surface area contributed by atoms with Gasteiger partial charge in [-0.3, -0.25) is 9.69 Å². The van der Waals surface area contributed by atoms with Crippen molar-refractivity contribution in [1.29, 1.82) is 0 Å². The van der Waals surface area contributed by atoms with Gasteiger partial charge in [0.25, 0.3) is 5.91 Å². The first-order chi connectivity index (χ1) is 19.5. The fraction of sp³-hybridized carbons (Fsp3) is 0.414. The van der Waals surface area contributed by atoms with E-state index in [2.05, 4.69) is 56.4 Å². The summed E-state index contributed by atoms with van der Waals surface area (Å²) in [6.07, 6.45) is 6.43. The number of aryl methyl sites for hydroxylation is 2. The third-order valence-electron chi connectivity index (χ3n) is 7.34. The number of rotatable bonds is 8. The van der Waals surface area contributed by atoms with Gasteiger partial charge in [0.1, 0.15) is 11.6 Å². The van der Waals surface area contributed by atoms with Crippen molar-refractivity contribution in [2.45, 2.75) is 67.5 Å². The Morgan fingerprint density at radius 1 is 1.15 bits per heavy atom. The van der Waals surface area contributed by atoms with E-state index in [1.54, 1.807) is 18.5 Å². The van der Waals surface area contributed by atoms with Gasteiger partial charge in [-0.25, -0.2) is 19.3 Å². The van der Waals surface area contributed by atoms with Crippen LogP contribution in [0.2, 0.25) is 0 Å². The highest BCUT2D eigenvalue weighted by molar-refractivity contribution is 8.01. The molecule has 0 atom stereocenters. The van der Waals surface area contributed by atoms with E-state index in [1.807, 2.05) is 32.0 Å². The average molecular weight is 596 g/mol. The second-order valence-corrected chi connectivity index (χ2v) is 13.7. The fourth-order valence-electron chi connectivity index (χ4n) is 4.93. The average Bonchev–Trinajstić information content (AvgIpc) is 3.57. The summed E-state index contributed by atoms with van der Waals surface area (Å²) in [4.78, 5) is 28.7. The number of aromatic nitrogens is 4. The Hall–Kier alpha value is -3.35. The lowest BCUT2D eigenvalue weighted by Crippen LogP contribution is -2.53. The first kappa shape index (κ1) is 29.2. The maximum Gasteiger partial charge on any atom is 0.273 e. The van der Waals surface area contributed by atoms with E-state index in [1.165, 1.54) is 29.3 Å². The molecule has 4 aromatic heterocycles. The molecule has 216 valence electrons. The third kappa shape index (κ3) is 6.77. The zero-order valence-electron chi connectivity index (χ0n) is 23.8. The van der Waals surface area contributed by atoms with Crippen LogP contribution in [0.1, 0.15) is 61.1 Å². The van der Waals surface area contributed by atoms with E-state index < -0.39 is 17.1 Å². The molecule has 41 heavy (non-hydrogen) atoms. The van der Waals surface area contributed by atoms with Crippen molar-refractivity contribution in [3.05, 3.63) is 71.4 Å². The normalized spacial score (nSPS) is 15.6. The molecule has 12 heteroatoms. The number of hydrogen-bond donors (Lipinski definition) is 2. The minimum absolute atomic E-state index is 0.0483. The van der Waals surface area contributed by atoms with E-state index in [4.69, 9.17) is 4.52 Å². The molecule has 1 aliphatic heterocycles. The molecule has 0 aromatic carbocycles. The van der Waals surface area contributed by atoms with Crippen LogP contribution in [0.4, 0.5) is 15.3 Å². The smallest absolute Gasteiger partial charge is 0.273 e. The second-order valence-electron chi connectivity index (χ2n) is 11.3. The van der Waals surface area contributed by atoms with Crippen molar-refractivity contribution in [2.75, 3.05) is 25.0 Å². The van der Waals surface area contributed by atoms with Crippen LogP contribution in [-0.2, 0) is 5.41 Å². The maximum absolute atomic E-state index is 15.6. The zero-order chi connectivity index (χ0) is 29.2. The van der Waals surface area contributed by atoms with E-state index in [0.29, 0.717) is 22.4 Å². The Kier molecular flexibility index (Phi) is 8.44. The number of nitrogens with one attached hydrogen (secondary N) is 2. The predicted molar refractivity (Wildman–Crippen MR) is 158 cm³/mol. The van der Waals surface area contributed by atoms with Gasteiger partial charge < -0.3 is 15.2 Å². The molecular formula is C29H34FN7O2S2. The summed E-state index contributed by atoms with van der Waals surface area (Å²) in [5, 5.41) is 11.1. The summed E-state index contributed by atoms with van der Waals surface area (Å²) in [5.74, 6) is 0.192. The molecule has 0 unspecified atom stereocenters. The molecule has 4 aromatic rings. The number of amides is 1. The van der Waals surface area contributed by atoms with Crippen molar-refractivity contribution >= 4 is 40.0 Å². The molecule has 1 fully saturated rings. The number of thiazole rings is 1. The molecular weight excluding hydrogens is 561 g/mol. The van der Waals surface area contributed by atoms with Crippen LogP contribution in [0.5, 0.6) is 0 Å². The minimum Gasteiger partial charge on any atom is -0.361 e. The summed E-state index contributed by atoms with van der Waals surface area (Å²) >= 11 is 2.58. The van der Waals surface area contributed by atoms with Crippen LogP contribution in [-0.4, -0.2) is 56.1 Å². The highest BCUT2D eigenvalue weighted by Crippen LogP contribution is 2.38. The summed E-state index contributed by atoms with van der Waals surface area (Å²) in [6, 6.07) is 7.33. The molecule has 5 rings (SSSR count). The summed E-state index contributed by atoms with van der Waals surface area (Å²) < 4.78 is 21.7. The second kappa shape index (κ2) is 11.9. The van der Waals surface area contributed by atoms with Crippen LogP contribution >= 0.6 is 23.1 Å². The van der Waals surface area contributed by atoms with Gasteiger partial charge in [0, 0.05) is 36.0 Å². The first-order valence-electron chi connectivity index (χ1n) is 13.5. The number of likely N-dealkylation sites (tertiary alicyclic amines) is 1. The highest BCUT2D eigenvalue weighted by Gasteiger charge is 2.41. The van der Waals surface area contributed by atoms with Crippen molar-refractivity contribution in [2.24, 2.45) is 0 Å². The van der Waals surface area contributed by atoms with E-state index >= 15 is 4.39 Å². The highest BCUT2D eigenvalue weighted by atomic mass is 32.2. The Bertz CT molecular complexity index is 1520. The summed E-state index contributed by atoms with van der Waals surface area (Å²) in [6.45, 7) is 12.5. The lowest BCUT2D eigenvalue weighted by atomic mass is 9.74. The van der Waals surface area contributed by atoms with E-state index in [-0.39, 0.29) is 11.2 Å². The minimum atomic E-state index is -0.660. The van der Waals surface area contributed by atoms with Gasteiger partial charge in [-0.15, -0.1) is 0 Å². The Morgan fingerprint density at radius 2 is 1.90 bits per heavy atom. The number of nitrogens with zero attached hydrogens (tertiary/aromatic N) is 5. The van der Waals surface area contributed by atoms with Crippen molar-refractivity contribution in [3.8, 4) is 0 Å². The van der Waals surface area contributed by atoms with Crippen molar-refractivity contribution in [1.82, 2.24) is 30.3 Å². The van der Waals surface area contributed by atoms with Gasteiger partial charge in [0.15, 0.2) is 16.6 Å². The zero-order valence-corrected chi connectivity index (χ0v) is 25.5. The number of piperidine rings is 1. The Balaban J connectivity index is 1.27. The molecule has 2 N–H and O–H groups in total. The van der Waals surface area contributed by atoms with Crippen molar-refractivity contribution in [3.63, 3.8) is 0 Å². The summed E-state index contributed by atoms with van der Waals surface area (Å²) in [7, 11) is 0. The first-order valence-corrected chi connectivity index (χ1v) is 15.1.